The first kappa shape index (κ1) is 16.3. The first-order valence-corrected chi connectivity index (χ1v) is 7.95. The lowest BCUT2D eigenvalue weighted by Gasteiger charge is -2.26. The lowest BCUT2D eigenvalue weighted by molar-refractivity contribution is -0.116. The van der Waals surface area contributed by atoms with Crippen molar-refractivity contribution < 1.29 is 9.59 Å². The third kappa shape index (κ3) is 3.49. The number of rotatable bonds is 4. The molecule has 124 valence electrons. The van der Waals surface area contributed by atoms with Crippen LogP contribution in [0.1, 0.15) is 15.9 Å². The lowest BCUT2D eigenvalue weighted by atomic mass is 10.1. The van der Waals surface area contributed by atoms with Crippen LogP contribution in [-0.4, -0.2) is 36.9 Å². The van der Waals surface area contributed by atoms with Crippen LogP contribution in [0.15, 0.2) is 36.5 Å². The van der Waals surface area contributed by atoms with Crippen LogP contribution < -0.4 is 15.5 Å². The molecule has 0 bridgehead atoms. The highest BCUT2D eigenvalue weighted by molar-refractivity contribution is 6.30. The van der Waals surface area contributed by atoms with Crippen LogP contribution in [0.25, 0.3) is 0 Å². The molecule has 2 amide bonds. The van der Waals surface area contributed by atoms with Gasteiger partial charge in [-0.15, -0.1) is 0 Å². The van der Waals surface area contributed by atoms with Crippen molar-refractivity contribution in [3.8, 4) is 0 Å². The van der Waals surface area contributed by atoms with E-state index in [9.17, 15) is 9.59 Å². The number of hydrogen-bond acceptors (Lipinski definition) is 4. The van der Waals surface area contributed by atoms with Crippen LogP contribution in [0, 0.1) is 0 Å². The summed E-state index contributed by atoms with van der Waals surface area (Å²) in [6, 6.07) is 9.18. The minimum Gasteiger partial charge on any atom is -0.359 e. The minimum absolute atomic E-state index is 0.0652. The molecule has 1 aliphatic heterocycles. The summed E-state index contributed by atoms with van der Waals surface area (Å²) >= 11 is 5.85. The number of aromatic nitrogens is 1. The van der Waals surface area contributed by atoms with Gasteiger partial charge in [-0.3, -0.25) is 9.59 Å². The molecule has 0 radical (unpaired) electrons. The molecule has 6 nitrogen and oxygen atoms in total. The molecule has 7 heteroatoms. The highest BCUT2D eigenvalue weighted by Gasteiger charge is 2.22. The molecule has 1 aliphatic rings. The first-order valence-electron chi connectivity index (χ1n) is 7.58. The summed E-state index contributed by atoms with van der Waals surface area (Å²) in [4.78, 5) is 29.7. The maximum absolute atomic E-state index is 12.3. The molecule has 0 atom stereocenters. The van der Waals surface area contributed by atoms with Gasteiger partial charge in [0.15, 0.2) is 0 Å². The standard InChI is InChI=1S/C17H17ClN4O2/c1-22-14-8-12(9-20-16(14)21-10-15(22)23)17(24)19-7-6-11-2-4-13(18)5-3-11/h2-5,8-9H,6-7,10H2,1H3,(H,19,24)(H,20,21). The Bertz CT molecular complexity index is 777. The van der Waals surface area contributed by atoms with E-state index in [1.54, 1.807) is 13.1 Å². The number of hydrogen-bond donors (Lipinski definition) is 2. The lowest BCUT2D eigenvalue weighted by Crippen LogP contribution is -2.37. The van der Waals surface area contributed by atoms with Crippen molar-refractivity contribution >= 4 is 34.9 Å². The van der Waals surface area contributed by atoms with Gasteiger partial charge in [-0.1, -0.05) is 23.7 Å². The number of benzene rings is 1. The zero-order chi connectivity index (χ0) is 17.1. The number of likely N-dealkylation sites (N-methyl/N-ethyl adjacent to an activating group) is 1. The molecule has 0 aliphatic carbocycles. The highest BCUT2D eigenvalue weighted by Crippen LogP contribution is 2.26. The van der Waals surface area contributed by atoms with Gasteiger partial charge in [0.05, 0.1) is 17.8 Å². The van der Waals surface area contributed by atoms with Gasteiger partial charge in [-0.05, 0) is 30.2 Å². The predicted octanol–water partition coefficient (Wildman–Crippen LogP) is 2.10. The molecule has 1 aromatic carbocycles. The number of halogens is 1. The van der Waals surface area contributed by atoms with Crippen LogP contribution in [0.2, 0.25) is 5.02 Å². The molecule has 24 heavy (non-hydrogen) atoms. The molecule has 2 N–H and O–H groups in total. The van der Waals surface area contributed by atoms with E-state index in [-0.39, 0.29) is 18.4 Å². The van der Waals surface area contributed by atoms with Crippen molar-refractivity contribution in [3.05, 3.63) is 52.7 Å². The maximum Gasteiger partial charge on any atom is 0.252 e. The van der Waals surface area contributed by atoms with Gasteiger partial charge in [-0.2, -0.15) is 0 Å². The second-order valence-corrected chi connectivity index (χ2v) is 5.97. The Labute approximate surface area is 144 Å². The van der Waals surface area contributed by atoms with Crippen molar-refractivity contribution in [2.75, 3.05) is 30.4 Å². The highest BCUT2D eigenvalue weighted by atomic mass is 35.5. The Morgan fingerprint density at radius 3 is 2.88 bits per heavy atom. The van der Waals surface area contributed by atoms with E-state index in [0.29, 0.717) is 35.1 Å². The average Bonchev–Trinajstić information content (AvgIpc) is 2.59. The van der Waals surface area contributed by atoms with Gasteiger partial charge in [0.2, 0.25) is 5.91 Å². The van der Waals surface area contributed by atoms with E-state index in [1.807, 2.05) is 24.3 Å². The fourth-order valence-electron chi connectivity index (χ4n) is 2.45. The molecule has 0 spiro atoms. The number of nitrogens with zero attached hydrogens (tertiary/aromatic N) is 2. The molecular weight excluding hydrogens is 328 g/mol. The quantitative estimate of drug-likeness (QED) is 0.890. The van der Waals surface area contributed by atoms with Crippen LogP contribution in [0.4, 0.5) is 11.5 Å². The second kappa shape index (κ2) is 6.88. The summed E-state index contributed by atoms with van der Waals surface area (Å²) in [6.07, 6.45) is 2.22. The van der Waals surface area contributed by atoms with Crippen LogP contribution in [-0.2, 0) is 11.2 Å². The molecule has 0 saturated heterocycles. The Morgan fingerprint density at radius 1 is 1.38 bits per heavy atom. The van der Waals surface area contributed by atoms with Crippen LogP contribution in [0.3, 0.4) is 0 Å². The molecule has 2 aromatic rings. The summed E-state index contributed by atoms with van der Waals surface area (Å²) in [5, 5.41) is 6.48. The summed E-state index contributed by atoms with van der Waals surface area (Å²) in [6.45, 7) is 0.716. The van der Waals surface area contributed by atoms with Crippen molar-refractivity contribution in [2.24, 2.45) is 0 Å². The zero-order valence-electron chi connectivity index (χ0n) is 13.2. The van der Waals surface area contributed by atoms with Crippen LogP contribution >= 0.6 is 11.6 Å². The fraction of sp³-hybridized carbons (Fsp3) is 0.235. The molecular formula is C17H17ClN4O2. The van der Waals surface area contributed by atoms with Crippen LogP contribution in [0.5, 0.6) is 0 Å². The minimum atomic E-state index is -0.217. The second-order valence-electron chi connectivity index (χ2n) is 5.53. The van der Waals surface area contributed by atoms with Crippen molar-refractivity contribution in [2.45, 2.75) is 6.42 Å². The predicted molar refractivity (Wildman–Crippen MR) is 93.6 cm³/mol. The van der Waals surface area contributed by atoms with Crippen molar-refractivity contribution in [1.82, 2.24) is 10.3 Å². The number of amides is 2. The number of anilines is 2. The van der Waals surface area contributed by atoms with Gasteiger partial charge in [0, 0.05) is 24.8 Å². The van der Waals surface area contributed by atoms with Gasteiger partial charge in [-0.25, -0.2) is 4.98 Å². The summed E-state index contributed by atoms with van der Waals surface area (Å²) in [5.41, 5.74) is 2.13. The average molecular weight is 345 g/mol. The number of nitrogens with one attached hydrogen (secondary N) is 2. The Kier molecular flexibility index (Phi) is 4.66. The number of fused-ring (bicyclic) bond motifs is 1. The summed E-state index contributed by atoms with van der Waals surface area (Å²) in [5.74, 6) is 0.324. The molecule has 2 heterocycles. The summed E-state index contributed by atoms with van der Waals surface area (Å²) < 4.78 is 0. The van der Waals surface area contributed by atoms with E-state index in [4.69, 9.17) is 11.6 Å². The summed E-state index contributed by atoms with van der Waals surface area (Å²) in [7, 11) is 1.67. The third-order valence-electron chi connectivity index (χ3n) is 3.88. The van der Waals surface area contributed by atoms with Gasteiger partial charge >= 0.3 is 0 Å². The van der Waals surface area contributed by atoms with E-state index >= 15 is 0 Å². The normalized spacial score (nSPS) is 13.2. The van der Waals surface area contributed by atoms with Gasteiger partial charge in [0.25, 0.3) is 5.91 Å². The zero-order valence-corrected chi connectivity index (χ0v) is 13.9. The van der Waals surface area contributed by atoms with Gasteiger partial charge < -0.3 is 15.5 Å². The molecule has 0 saturated carbocycles. The monoisotopic (exact) mass is 344 g/mol. The Balaban J connectivity index is 1.63. The Morgan fingerprint density at radius 2 is 2.12 bits per heavy atom. The van der Waals surface area contributed by atoms with E-state index in [2.05, 4.69) is 15.6 Å². The van der Waals surface area contributed by atoms with E-state index < -0.39 is 0 Å². The SMILES string of the molecule is CN1C(=O)CNc2ncc(C(=O)NCCc3ccc(Cl)cc3)cc21. The van der Waals surface area contributed by atoms with Crippen molar-refractivity contribution in [3.63, 3.8) is 0 Å². The third-order valence-corrected chi connectivity index (χ3v) is 4.14. The molecule has 3 rings (SSSR count). The maximum atomic E-state index is 12.3. The smallest absolute Gasteiger partial charge is 0.252 e. The molecule has 1 aromatic heterocycles. The van der Waals surface area contributed by atoms with E-state index in [1.165, 1.54) is 11.1 Å². The number of pyridine rings is 1. The first-order chi connectivity index (χ1) is 11.5. The van der Waals surface area contributed by atoms with E-state index in [0.717, 1.165) is 5.56 Å². The largest absolute Gasteiger partial charge is 0.359 e. The fourth-order valence-corrected chi connectivity index (χ4v) is 2.58. The Hall–Kier alpha value is -2.60. The molecule has 0 unspecified atom stereocenters. The van der Waals surface area contributed by atoms with Crippen molar-refractivity contribution in [1.29, 1.82) is 0 Å². The molecule has 0 fully saturated rings. The topological polar surface area (TPSA) is 74.3 Å². The number of carbonyl (C=O) groups excluding carboxylic acids is 2. The van der Waals surface area contributed by atoms with Gasteiger partial charge in [0.1, 0.15) is 5.82 Å². The number of carbonyl (C=O) groups is 2.